The number of carbonyl (C=O) groups is 10. The molecule has 0 bridgehead atoms. The van der Waals surface area contributed by atoms with Crippen LogP contribution < -0.4 is 16.0 Å². The zero-order valence-corrected chi connectivity index (χ0v) is 43.5. The first-order valence-electron chi connectivity index (χ1n) is 25.0. The Labute approximate surface area is 412 Å². The van der Waals surface area contributed by atoms with E-state index in [2.05, 4.69) is 16.0 Å². The average Bonchev–Trinajstić information content (AvgIpc) is 3.99. The van der Waals surface area contributed by atoms with E-state index in [0.29, 0.717) is 19.3 Å². The molecule has 12 atom stereocenters. The van der Waals surface area contributed by atoms with Crippen LogP contribution in [0.15, 0.2) is 0 Å². The summed E-state index contributed by atoms with van der Waals surface area (Å²) >= 11 is 0. The van der Waals surface area contributed by atoms with E-state index in [1.54, 1.807) is 27.7 Å². The molecule has 3 aliphatic rings. The molecule has 396 valence electrons. The first-order chi connectivity index (χ1) is 32.6. The highest BCUT2D eigenvalue weighted by Crippen LogP contribution is 2.26. The monoisotopic (exact) mass is 992 g/mol. The Hall–Kier alpha value is -5.18. The summed E-state index contributed by atoms with van der Waals surface area (Å²) in [4.78, 5) is 144. The lowest BCUT2D eigenvalue weighted by molar-refractivity contribution is -0.162. The topological polar surface area (TPSA) is 279 Å². The number of cyclic esters (lactones) is 2. The molecule has 0 saturated carbocycles. The van der Waals surface area contributed by atoms with Gasteiger partial charge in [-0.1, -0.05) is 61.8 Å². The number of nitrogens with zero attached hydrogens (tertiary/aromatic N) is 4. The van der Waals surface area contributed by atoms with Crippen molar-refractivity contribution in [3.05, 3.63) is 0 Å². The molecule has 3 heterocycles. The zero-order chi connectivity index (χ0) is 53.1. The Morgan fingerprint density at radius 1 is 0.843 bits per heavy atom. The maximum absolute atomic E-state index is 14.6. The van der Waals surface area contributed by atoms with E-state index in [0.717, 1.165) is 4.90 Å². The molecule has 0 radical (unpaired) electrons. The number of carbonyl (C=O) groups excluding carboxylic acids is 10. The minimum absolute atomic E-state index is 0.0959. The van der Waals surface area contributed by atoms with Gasteiger partial charge in [0.1, 0.15) is 49.0 Å². The van der Waals surface area contributed by atoms with Gasteiger partial charge in [0, 0.05) is 27.2 Å². The minimum atomic E-state index is -1.70. The number of aliphatic hydroxyl groups excluding tert-OH is 2. The van der Waals surface area contributed by atoms with Gasteiger partial charge < -0.3 is 55.2 Å². The quantitative estimate of drug-likeness (QED) is 0.133. The van der Waals surface area contributed by atoms with Crippen LogP contribution in [-0.2, 0) is 57.4 Å². The van der Waals surface area contributed by atoms with E-state index in [1.165, 1.54) is 49.6 Å². The predicted molar refractivity (Wildman–Crippen MR) is 255 cm³/mol. The number of ether oxygens (including phenoxy) is 2. The van der Waals surface area contributed by atoms with Crippen molar-refractivity contribution in [1.82, 2.24) is 35.6 Å². The third kappa shape index (κ3) is 15.4. The average molecular weight is 992 g/mol. The normalized spacial score (nSPS) is 28.7. The van der Waals surface area contributed by atoms with Crippen molar-refractivity contribution in [3.8, 4) is 0 Å². The van der Waals surface area contributed by atoms with Crippen LogP contribution in [0.2, 0.25) is 0 Å². The lowest BCUT2D eigenvalue weighted by Crippen LogP contribution is -2.62. The van der Waals surface area contributed by atoms with E-state index in [1.807, 2.05) is 27.7 Å². The van der Waals surface area contributed by atoms with Gasteiger partial charge >= 0.3 is 11.9 Å². The number of nitrogens with one attached hydrogen (secondary N) is 3. The van der Waals surface area contributed by atoms with Gasteiger partial charge in [-0.2, -0.15) is 0 Å². The van der Waals surface area contributed by atoms with E-state index >= 15 is 0 Å². The van der Waals surface area contributed by atoms with Crippen molar-refractivity contribution < 1.29 is 67.6 Å². The number of amides is 7. The third-order valence-electron chi connectivity index (χ3n) is 13.6. The van der Waals surface area contributed by atoms with Crippen LogP contribution in [0.5, 0.6) is 0 Å². The number of fused-ring (bicyclic) bond motifs is 1. The molecule has 3 fully saturated rings. The molecule has 0 aromatic carbocycles. The Kier molecular flexibility index (Phi) is 22.2. The van der Waals surface area contributed by atoms with E-state index in [-0.39, 0.29) is 50.6 Å². The van der Waals surface area contributed by atoms with Crippen LogP contribution in [0.3, 0.4) is 0 Å². The molecule has 0 unspecified atom stereocenters. The first-order valence-corrected chi connectivity index (χ1v) is 25.0. The molecule has 0 aromatic heterocycles. The fourth-order valence-corrected chi connectivity index (χ4v) is 9.28. The molecular formula is C49H81N7O14. The molecule has 21 heteroatoms. The maximum atomic E-state index is 14.6. The van der Waals surface area contributed by atoms with Crippen molar-refractivity contribution in [2.45, 2.75) is 188 Å². The smallest absolute Gasteiger partial charge is 0.325 e. The summed E-state index contributed by atoms with van der Waals surface area (Å²) in [5.74, 6) is -10.5. The highest BCUT2D eigenvalue weighted by Gasteiger charge is 2.44. The third-order valence-corrected chi connectivity index (χ3v) is 13.6. The zero-order valence-electron chi connectivity index (χ0n) is 43.5. The number of rotatable bonds is 12. The number of likely N-dealkylation sites (tertiary alicyclic amines) is 1. The Bertz CT molecular complexity index is 1910. The minimum Gasteiger partial charge on any atom is -0.459 e. The maximum Gasteiger partial charge on any atom is 0.325 e. The van der Waals surface area contributed by atoms with Gasteiger partial charge in [0.05, 0.1) is 24.5 Å². The van der Waals surface area contributed by atoms with Crippen LogP contribution in [0.4, 0.5) is 0 Å². The molecule has 5 N–H and O–H groups in total. The summed E-state index contributed by atoms with van der Waals surface area (Å²) in [6, 6.07) is -7.21. The molecule has 3 rings (SSSR count). The molecule has 70 heavy (non-hydrogen) atoms. The number of hydrogen-bond acceptors (Lipinski definition) is 14. The number of hydrogen-bond donors (Lipinski definition) is 5. The van der Waals surface area contributed by atoms with Gasteiger partial charge in [-0.25, -0.2) is 0 Å². The summed E-state index contributed by atoms with van der Waals surface area (Å²) < 4.78 is 11.4. The van der Waals surface area contributed by atoms with Crippen LogP contribution >= 0.6 is 0 Å². The standard InChI is InChI=1S/C49H81N7O14/c1-14-28(8)39-36(58)23-37(59)70-42(27(6)7)41(61)29(9)43(62)50-32(21-25(2)3)47(66)56-20-15-17-33(56)48(67)53(12)24-38(60)69-31(11)40(45(64)51-39)52-44(63)35(22-26(4)5)54(13)49(68)34-18-16-19-55(34)46(65)30(10)57/h25-36,39-40,42,57-58H,14-24H2,1-13H3,(H,50,62)(H,51,64)(H,52,63)/t28-,29-,30-,31+,32-,33-,34-,35+,36-,39-,40-,42-/m0/s1. The fourth-order valence-electron chi connectivity index (χ4n) is 9.28. The van der Waals surface area contributed by atoms with Crippen molar-refractivity contribution in [2.24, 2.45) is 29.6 Å². The van der Waals surface area contributed by atoms with Crippen LogP contribution in [0.25, 0.3) is 0 Å². The van der Waals surface area contributed by atoms with Crippen LogP contribution in [-0.4, -0.2) is 183 Å². The highest BCUT2D eigenvalue weighted by molar-refractivity contribution is 6.05. The van der Waals surface area contributed by atoms with E-state index in [9.17, 15) is 58.2 Å². The second kappa shape index (κ2) is 26.3. The lowest BCUT2D eigenvalue weighted by Gasteiger charge is -2.35. The largest absolute Gasteiger partial charge is 0.459 e. The number of esters is 2. The van der Waals surface area contributed by atoms with Crippen LogP contribution in [0.1, 0.15) is 128 Å². The number of likely N-dealkylation sites (N-methyl/N-ethyl adjacent to an activating group) is 2. The van der Waals surface area contributed by atoms with Gasteiger partial charge in [-0.05, 0) is 83.0 Å². The fraction of sp³-hybridized carbons (Fsp3) is 0.796. The van der Waals surface area contributed by atoms with Crippen molar-refractivity contribution in [1.29, 1.82) is 0 Å². The SMILES string of the molecule is CC[C@H](C)[C@@H]1NC(=O)[C@@H](NC(=O)[C@@H](CC(C)C)N(C)C(=O)[C@@H]2CCCN2C(=O)[C@H](C)O)[C@@H](C)OC(=O)CN(C)C(=O)[C@@H]2CCCN2C(=O)[C@H](CC(C)C)NC(=O)[C@@H](C)C(=O)[C@H](C(C)C)OC(=O)C[C@@H]1O. The highest BCUT2D eigenvalue weighted by atomic mass is 16.6. The van der Waals surface area contributed by atoms with Gasteiger partial charge in [-0.3, -0.25) is 47.9 Å². The molecule has 3 aliphatic heterocycles. The van der Waals surface area contributed by atoms with Gasteiger partial charge in [-0.15, -0.1) is 0 Å². The Morgan fingerprint density at radius 3 is 2.04 bits per heavy atom. The van der Waals surface area contributed by atoms with Gasteiger partial charge in [0.15, 0.2) is 11.9 Å². The molecule has 0 aliphatic carbocycles. The van der Waals surface area contributed by atoms with Crippen molar-refractivity contribution in [2.75, 3.05) is 33.7 Å². The van der Waals surface area contributed by atoms with Crippen LogP contribution in [0, 0.1) is 29.6 Å². The lowest BCUT2D eigenvalue weighted by atomic mass is 9.91. The number of aliphatic hydroxyl groups is 2. The summed E-state index contributed by atoms with van der Waals surface area (Å²) in [5, 5.41) is 29.8. The summed E-state index contributed by atoms with van der Waals surface area (Å²) in [7, 11) is 2.75. The van der Waals surface area contributed by atoms with Crippen molar-refractivity contribution in [3.63, 3.8) is 0 Å². The van der Waals surface area contributed by atoms with Crippen molar-refractivity contribution >= 4 is 59.1 Å². The molecule has 0 aromatic rings. The molecular weight excluding hydrogens is 911 g/mol. The van der Waals surface area contributed by atoms with E-state index in [4.69, 9.17) is 9.47 Å². The summed E-state index contributed by atoms with van der Waals surface area (Å²) in [5.41, 5.74) is 0. The molecule has 7 amide bonds. The summed E-state index contributed by atoms with van der Waals surface area (Å²) in [6.45, 7) is 17.8. The van der Waals surface area contributed by atoms with E-state index < -0.39 is 150 Å². The number of ketones is 1. The number of Topliss-reactive ketones (excluding diaryl/α,β-unsaturated/α-hetero) is 1. The van der Waals surface area contributed by atoms with Gasteiger partial charge in [0.25, 0.3) is 5.91 Å². The molecule has 0 spiro atoms. The van der Waals surface area contributed by atoms with Gasteiger partial charge in [0.2, 0.25) is 35.4 Å². The Balaban J connectivity index is 2.11. The predicted octanol–water partition coefficient (Wildman–Crippen LogP) is 0.697. The molecule has 21 nitrogen and oxygen atoms in total. The Morgan fingerprint density at radius 2 is 1.47 bits per heavy atom. The second-order valence-corrected chi connectivity index (χ2v) is 20.7. The molecule has 3 saturated heterocycles. The summed E-state index contributed by atoms with van der Waals surface area (Å²) in [6.07, 6.45) is -4.50. The first kappa shape index (κ1) is 59.1. The second-order valence-electron chi connectivity index (χ2n) is 20.7.